The number of benzene rings is 3. The molecule has 3 aromatic carbocycles. The minimum atomic E-state index is -0.179. The van der Waals surface area contributed by atoms with Crippen molar-refractivity contribution in [3.8, 4) is 11.5 Å². The predicted octanol–water partition coefficient (Wildman–Crippen LogP) is 7.10. The summed E-state index contributed by atoms with van der Waals surface area (Å²) in [4.78, 5) is 15.1. The molecule has 0 spiro atoms. The molecular formula is C24H17BrClNO3S2. The summed E-state index contributed by atoms with van der Waals surface area (Å²) in [6.45, 7) is 0.363. The van der Waals surface area contributed by atoms with E-state index in [1.165, 1.54) is 16.7 Å². The van der Waals surface area contributed by atoms with Gasteiger partial charge in [0.05, 0.1) is 22.7 Å². The molecule has 32 heavy (non-hydrogen) atoms. The Bertz CT molecular complexity index is 1200. The third-order valence-electron chi connectivity index (χ3n) is 4.65. The molecule has 1 fully saturated rings. The first kappa shape index (κ1) is 22.9. The van der Waals surface area contributed by atoms with Gasteiger partial charge in [0.1, 0.15) is 6.61 Å². The molecule has 4 rings (SSSR count). The van der Waals surface area contributed by atoms with E-state index < -0.39 is 0 Å². The smallest absolute Gasteiger partial charge is 0.270 e. The molecule has 1 saturated heterocycles. The summed E-state index contributed by atoms with van der Waals surface area (Å²) in [6, 6.07) is 20.8. The van der Waals surface area contributed by atoms with Crippen molar-refractivity contribution in [2.24, 2.45) is 0 Å². The quantitative estimate of drug-likeness (QED) is 0.244. The highest BCUT2D eigenvalue weighted by Gasteiger charge is 2.33. The lowest BCUT2D eigenvalue weighted by Crippen LogP contribution is -2.27. The van der Waals surface area contributed by atoms with Crippen molar-refractivity contribution in [3.05, 3.63) is 92.3 Å². The van der Waals surface area contributed by atoms with Crippen molar-refractivity contribution in [1.29, 1.82) is 0 Å². The Hall–Kier alpha value is -2.32. The van der Waals surface area contributed by atoms with Gasteiger partial charge in [-0.25, -0.2) is 0 Å². The minimum Gasteiger partial charge on any atom is -0.493 e. The zero-order valence-electron chi connectivity index (χ0n) is 16.9. The number of thiocarbonyl (C=S) groups is 1. The summed E-state index contributed by atoms with van der Waals surface area (Å²) in [5.74, 6) is 0.766. The maximum atomic E-state index is 13.0. The number of carbonyl (C=O) groups is 1. The summed E-state index contributed by atoms with van der Waals surface area (Å²) in [6.07, 6.45) is 1.76. The fourth-order valence-electron chi connectivity index (χ4n) is 3.12. The van der Waals surface area contributed by atoms with Crippen LogP contribution in [0.4, 0.5) is 5.69 Å². The maximum absolute atomic E-state index is 13.0. The molecule has 162 valence electrons. The van der Waals surface area contributed by atoms with E-state index in [1.54, 1.807) is 25.3 Å². The molecule has 3 aromatic rings. The van der Waals surface area contributed by atoms with Gasteiger partial charge in [0, 0.05) is 4.47 Å². The first-order chi connectivity index (χ1) is 15.5. The molecule has 0 aromatic heterocycles. The molecule has 1 aliphatic heterocycles. The predicted molar refractivity (Wildman–Crippen MR) is 139 cm³/mol. The van der Waals surface area contributed by atoms with E-state index in [0.29, 0.717) is 32.4 Å². The average Bonchev–Trinajstić information content (AvgIpc) is 3.06. The summed E-state index contributed by atoms with van der Waals surface area (Å²) in [5.41, 5.74) is 2.46. The molecule has 1 amide bonds. The third-order valence-corrected chi connectivity index (χ3v) is 6.77. The molecule has 0 unspecified atom stereocenters. The van der Waals surface area contributed by atoms with Crippen LogP contribution >= 0.6 is 51.5 Å². The van der Waals surface area contributed by atoms with Gasteiger partial charge in [-0.2, -0.15) is 0 Å². The van der Waals surface area contributed by atoms with E-state index >= 15 is 0 Å². The topological polar surface area (TPSA) is 38.8 Å². The second-order valence-electron chi connectivity index (χ2n) is 6.80. The number of thioether (sulfide) groups is 1. The number of amides is 1. The van der Waals surface area contributed by atoms with Gasteiger partial charge in [0.25, 0.3) is 5.91 Å². The number of hydrogen-bond donors (Lipinski definition) is 0. The van der Waals surface area contributed by atoms with Crippen molar-refractivity contribution >= 4 is 73.5 Å². The number of halogens is 2. The van der Waals surface area contributed by atoms with Crippen molar-refractivity contribution in [2.45, 2.75) is 6.61 Å². The number of methoxy groups -OCH3 is 1. The number of nitrogens with zero attached hydrogens (tertiary/aromatic N) is 1. The molecule has 0 atom stereocenters. The van der Waals surface area contributed by atoms with Crippen molar-refractivity contribution in [2.75, 3.05) is 12.0 Å². The maximum Gasteiger partial charge on any atom is 0.270 e. The summed E-state index contributed by atoms with van der Waals surface area (Å²) in [5, 5.41) is 0.398. The third kappa shape index (κ3) is 5.02. The molecule has 0 aliphatic carbocycles. The van der Waals surface area contributed by atoms with Crippen LogP contribution in [-0.2, 0) is 11.4 Å². The van der Waals surface area contributed by atoms with Crippen LogP contribution in [0.5, 0.6) is 11.5 Å². The van der Waals surface area contributed by atoms with E-state index in [2.05, 4.69) is 15.9 Å². The largest absolute Gasteiger partial charge is 0.493 e. The van der Waals surface area contributed by atoms with Crippen LogP contribution in [0, 0.1) is 0 Å². The molecule has 0 radical (unpaired) electrons. The summed E-state index contributed by atoms with van der Waals surface area (Å²) >= 11 is 16.6. The fraction of sp³-hybridized carbons (Fsp3) is 0.0833. The SMILES string of the molecule is COc1cc(/C=C2\SC(=S)N(c3ccc(Br)cc3)C2=O)cc(Cl)c1OCc1ccccc1. The highest BCUT2D eigenvalue weighted by molar-refractivity contribution is 9.10. The van der Waals surface area contributed by atoms with E-state index in [9.17, 15) is 4.79 Å². The second-order valence-corrected chi connectivity index (χ2v) is 9.80. The lowest BCUT2D eigenvalue weighted by molar-refractivity contribution is -0.113. The van der Waals surface area contributed by atoms with E-state index in [-0.39, 0.29) is 5.91 Å². The molecule has 4 nitrogen and oxygen atoms in total. The normalized spacial score (nSPS) is 14.8. The van der Waals surface area contributed by atoms with E-state index in [1.807, 2.05) is 54.6 Å². The molecule has 0 saturated carbocycles. The number of hydrogen-bond acceptors (Lipinski definition) is 5. The lowest BCUT2D eigenvalue weighted by atomic mass is 10.1. The second kappa shape index (κ2) is 10.1. The fourth-order valence-corrected chi connectivity index (χ4v) is 4.96. The molecule has 8 heteroatoms. The van der Waals surface area contributed by atoms with Gasteiger partial charge in [-0.15, -0.1) is 0 Å². The van der Waals surface area contributed by atoms with Crippen molar-refractivity contribution < 1.29 is 14.3 Å². The van der Waals surface area contributed by atoms with Crippen LogP contribution in [0.15, 0.2) is 76.1 Å². The van der Waals surface area contributed by atoms with Crippen LogP contribution in [0.2, 0.25) is 5.02 Å². The molecule has 0 bridgehead atoms. The molecular weight excluding hydrogens is 530 g/mol. The number of anilines is 1. The zero-order chi connectivity index (χ0) is 22.7. The Kier molecular flexibility index (Phi) is 7.20. The van der Waals surface area contributed by atoms with Crippen molar-refractivity contribution in [3.63, 3.8) is 0 Å². The number of carbonyl (C=O) groups excluding carboxylic acids is 1. The average molecular weight is 547 g/mol. The van der Waals surface area contributed by atoms with Crippen LogP contribution in [-0.4, -0.2) is 17.3 Å². The Morgan fingerprint density at radius 1 is 1.12 bits per heavy atom. The Labute approximate surface area is 209 Å². The van der Waals surface area contributed by atoms with Crippen molar-refractivity contribution in [1.82, 2.24) is 0 Å². The van der Waals surface area contributed by atoms with Gasteiger partial charge in [0.15, 0.2) is 15.8 Å². The highest BCUT2D eigenvalue weighted by atomic mass is 79.9. The van der Waals surface area contributed by atoms with Gasteiger partial charge in [0.2, 0.25) is 0 Å². The van der Waals surface area contributed by atoms with Crippen LogP contribution in [0.25, 0.3) is 6.08 Å². The molecule has 0 N–H and O–H groups in total. The van der Waals surface area contributed by atoms with Gasteiger partial charge in [-0.05, 0) is 53.6 Å². The van der Waals surface area contributed by atoms with E-state index in [4.69, 9.17) is 33.3 Å². The first-order valence-electron chi connectivity index (χ1n) is 9.54. The van der Waals surface area contributed by atoms with Crippen LogP contribution in [0.3, 0.4) is 0 Å². The molecule has 1 aliphatic rings. The Balaban J connectivity index is 1.58. The van der Waals surface area contributed by atoms with Crippen LogP contribution < -0.4 is 14.4 Å². The van der Waals surface area contributed by atoms with Gasteiger partial charge in [-0.3, -0.25) is 9.69 Å². The zero-order valence-corrected chi connectivity index (χ0v) is 20.9. The Morgan fingerprint density at radius 3 is 2.53 bits per heavy atom. The molecule has 1 heterocycles. The van der Waals surface area contributed by atoms with Gasteiger partial charge >= 0.3 is 0 Å². The van der Waals surface area contributed by atoms with Gasteiger partial charge < -0.3 is 9.47 Å². The Morgan fingerprint density at radius 2 is 1.84 bits per heavy atom. The van der Waals surface area contributed by atoms with Gasteiger partial charge in [-0.1, -0.05) is 81.8 Å². The highest BCUT2D eigenvalue weighted by Crippen LogP contribution is 2.40. The first-order valence-corrected chi connectivity index (χ1v) is 11.9. The summed E-state index contributed by atoms with van der Waals surface area (Å²) in [7, 11) is 1.55. The number of rotatable bonds is 6. The monoisotopic (exact) mass is 545 g/mol. The summed E-state index contributed by atoms with van der Waals surface area (Å²) < 4.78 is 12.8. The number of ether oxygens (including phenoxy) is 2. The van der Waals surface area contributed by atoms with Crippen LogP contribution in [0.1, 0.15) is 11.1 Å². The van der Waals surface area contributed by atoms with E-state index in [0.717, 1.165) is 21.3 Å². The lowest BCUT2D eigenvalue weighted by Gasteiger charge is -2.14. The minimum absolute atomic E-state index is 0.179. The standard InChI is InChI=1S/C24H17BrClNO3S2/c1-29-20-12-16(11-19(26)22(20)30-14-15-5-3-2-4-6-15)13-21-23(28)27(24(31)32-21)18-9-7-17(25)8-10-18/h2-13H,14H2,1H3/b21-13-.